The van der Waals surface area contributed by atoms with Crippen LogP contribution in [0, 0.1) is 0 Å². The fourth-order valence-corrected chi connectivity index (χ4v) is 3.47. The van der Waals surface area contributed by atoms with Crippen LogP contribution in [0.25, 0.3) is 11.1 Å². The molecule has 136 valence electrons. The van der Waals surface area contributed by atoms with Crippen molar-refractivity contribution in [3.05, 3.63) is 76.6 Å². The topological polar surface area (TPSA) is 56.5 Å². The summed E-state index contributed by atoms with van der Waals surface area (Å²) in [5, 5.41) is 5.05. The third kappa shape index (κ3) is 3.38. The van der Waals surface area contributed by atoms with Gasteiger partial charge in [-0.3, -0.25) is 14.5 Å². The molecule has 1 aliphatic rings. The lowest BCUT2D eigenvalue weighted by molar-refractivity contribution is -0.144. The molecule has 0 N–H and O–H groups in total. The standard InChI is InChI=1S/C21H18ClN3O2/c1-2-27-20(26)13-25-19-12-23-21(14-6-4-3-5-7-14)17-10-15(22)8-9-16(17)18(19)11-24-25/h3-11H,2,12-13H2,1H3. The average Bonchev–Trinajstić information content (AvgIpc) is 2.98. The zero-order valence-electron chi connectivity index (χ0n) is 14.9. The van der Waals surface area contributed by atoms with Crippen molar-refractivity contribution in [1.29, 1.82) is 0 Å². The van der Waals surface area contributed by atoms with Crippen LogP contribution in [0.15, 0.2) is 59.7 Å². The molecule has 5 nitrogen and oxygen atoms in total. The van der Waals surface area contributed by atoms with Gasteiger partial charge in [0.15, 0.2) is 0 Å². The van der Waals surface area contributed by atoms with Gasteiger partial charge in [0.05, 0.1) is 30.8 Å². The number of carbonyl (C=O) groups is 1. The largest absolute Gasteiger partial charge is 0.465 e. The molecule has 1 aromatic heterocycles. The van der Waals surface area contributed by atoms with Crippen molar-refractivity contribution < 1.29 is 9.53 Å². The highest BCUT2D eigenvalue weighted by atomic mass is 35.5. The molecule has 0 saturated carbocycles. The number of hydrogen-bond acceptors (Lipinski definition) is 4. The molecule has 0 radical (unpaired) electrons. The number of ether oxygens (including phenoxy) is 1. The number of aliphatic imine (C=N–C) groups is 1. The summed E-state index contributed by atoms with van der Waals surface area (Å²) in [4.78, 5) is 16.8. The SMILES string of the molecule is CCOC(=O)Cn1ncc2c1CN=C(c1ccccc1)c1cc(Cl)ccc1-2. The normalized spacial score (nSPS) is 12.6. The quantitative estimate of drug-likeness (QED) is 0.641. The molecule has 0 amide bonds. The van der Waals surface area contributed by atoms with Crippen LogP contribution in [0.3, 0.4) is 0 Å². The second-order valence-electron chi connectivity index (χ2n) is 6.19. The molecule has 27 heavy (non-hydrogen) atoms. The summed E-state index contributed by atoms with van der Waals surface area (Å²) in [6, 6.07) is 15.8. The summed E-state index contributed by atoms with van der Waals surface area (Å²) in [7, 11) is 0. The van der Waals surface area contributed by atoms with Gasteiger partial charge in [0.25, 0.3) is 0 Å². The van der Waals surface area contributed by atoms with E-state index in [9.17, 15) is 4.79 Å². The van der Waals surface area contributed by atoms with Crippen LogP contribution in [0.2, 0.25) is 5.02 Å². The molecule has 0 aliphatic carbocycles. The maximum Gasteiger partial charge on any atom is 0.327 e. The lowest BCUT2D eigenvalue weighted by Gasteiger charge is -2.10. The first-order chi connectivity index (χ1) is 13.2. The van der Waals surface area contributed by atoms with Crippen LogP contribution in [0.1, 0.15) is 23.7 Å². The van der Waals surface area contributed by atoms with Gasteiger partial charge in [-0.2, -0.15) is 5.10 Å². The van der Waals surface area contributed by atoms with E-state index in [0.29, 0.717) is 18.2 Å². The number of hydrogen-bond donors (Lipinski definition) is 0. The van der Waals surface area contributed by atoms with Crippen molar-refractivity contribution in [1.82, 2.24) is 9.78 Å². The van der Waals surface area contributed by atoms with Crippen molar-refractivity contribution >= 4 is 23.3 Å². The summed E-state index contributed by atoms with van der Waals surface area (Å²) in [6.07, 6.45) is 1.78. The van der Waals surface area contributed by atoms with E-state index in [-0.39, 0.29) is 12.5 Å². The van der Waals surface area contributed by atoms with E-state index in [1.54, 1.807) is 17.8 Å². The maximum absolute atomic E-state index is 11.9. The minimum Gasteiger partial charge on any atom is -0.465 e. The highest BCUT2D eigenvalue weighted by Crippen LogP contribution is 2.34. The van der Waals surface area contributed by atoms with Crippen molar-refractivity contribution in [3.8, 4) is 11.1 Å². The minimum atomic E-state index is -0.309. The Bertz CT molecular complexity index is 1030. The number of fused-ring (bicyclic) bond motifs is 3. The van der Waals surface area contributed by atoms with Crippen molar-refractivity contribution in [2.45, 2.75) is 20.0 Å². The molecule has 0 spiro atoms. The Labute approximate surface area is 162 Å². The van der Waals surface area contributed by atoms with Gasteiger partial charge < -0.3 is 4.74 Å². The van der Waals surface area contributed by atoms with Crippen LogP contribution in [0.4, 0.5) is 0 Å². The maximum atomic E-state index is 11.9. The number of carbonyl (C=O) groups excluding carboxylic acids is 1. The first-order valence-corrected chi connectivity index (χ1v) is 9.15. The van der Waals surface area contributed by atoms with Crippen LogP contribution >= 0.6 is 11.6 Å². The Morgan fingerprint density at radius 1 is 1.15 bits per heavy atom. The van der Waals surface area contributed by atoms with E-state index in [1.165, 1.54) is 0 Å². The number of nitrogens with zero attached hydrogens (tertiary/aromatic N) is 3. The Hall–Kier alpha value is -2.92. The molecular weight excluding hydrogens is 362 g/mol. The number of esters is 1. The zero-order valence-corrected chi connectivity index (χ0v) is 15.6. The molecule has 0 fully saturated rings. The van der Waals surface area contributed by atoms with E-state index in [0.717, 1.165) is 33.7 Å². The van der Waals surface area contributed by atoms with Crippen LogP contribution in [0.5, 0.6) is 0 Å². The lowest BCUT2D eigenvalue weighted by Crippen LogP contribution is -2.16. The van der Waals surface area contributed by atoms with Gasteiger partial charge in [-0.15, -0.1) is 0 Å². The van der Waals surface area contributed by atoms with Gasteiger partial charge in [-0.25, -0.2) is 0 Å². The Kier molecular flexibility index (Phi) is 4.77. The Morgan fingerprint density at radius 3 is 2.74 bits per heavy atom. The number of halogens is 1. The highest BCUT2D eigenvalue weighted by Gasteiger charge is 2.23. The van der Waals surface area contributed by atoms with Crippen molar-refractivity contribution in [2.24, 2.45) is 4.99 Å². The van der Waals surface area contributed by atoms with Crippen LogP contribution in [-0.2, 0) is 22.6 Å². The monoisotopic (exact) mass is 379 g/mol. The van der Waals surface area contributed by atoms with E-state index in [4.69, 9.17) is 21.3 Å². The third-order valence-corrected chi connectivity index (χ3v) is 4.73. The summed E-state index contributed by atoms with van der Waals surface area (Å²) in [5.74, 6) is -0.309. The Morgan fingerprint density at radius 2 is 1.96 bits per heavy atom. The van der Waals surface area contributed by atoms with Gasteiger partial charge in [0.1, 0.15) is 6.54 Å². The Balaban J connectivity index is 1.84. The first-order valence-electron chi connectivity index (χ1n) is 8.78. The summed E-state index contributed by atoms with van der Waals surface area (Å²) in [6.45, 7) is 2.63. The summed E-state index contributed by atoms with van der Waals surface area (Å²) in [5.41, 5.74) is 5.72. The highest BCUT2D eigenvalue weighted by molar-refractivity contribution is 6.31. The molecule has 0 unspecified atom stereocenters. The molecular formula is C21H18ClN3O2. The van der Waals surface area contributed by atoms with Crippen LogP contribution in [-0.4, -0.2) is 28.1 Å². The molecule has 4 rings (SSSR count). The van der Waals surface area contributed by atoms with E-state index in [2.05, 4.69) is 5.10 Å². The first kappa shape index (κ1) is 17.5. The van der Waals surface area contributed by atoms with Gasteiger partial charge in [-0.05, 0) is 24.6 Å². The lowest BCUT2D eigenvalue weighted by atomic mass is 9.94. The minimum absolute atomic E-state index is 0.0717. The summed E-state index contributed by atoms with van der Waals surface area (Å²) >= 11 is 6.28. The zero-order chi connectivity index (χ0) is 18.8. The molecule has 0 atom stereocenters. The second-order valence-corrected chi connectivity index (χ2v) is 6.62. The number of aromatic nitrogens is 2. The predicted molar refractivity (Wildman–Crippen MR) is 105 cm³/mol. The molecule has 2 aromatic carbocycles. The van der Waals surface area contributed by atoms with Gasteiger partial charge in [0.2, 0.25) is 0 Å². The summed E-state index contributed by atoms with van der Waals surface area (Å²) < 4.78 is 6.73. The molecule has 1 aliphatic heterocycles. The van der Waals surface area contributed by atoms with Gasteiger partial charge in [-0.1, -0.05) is 48.0 Å². The average molecular weight is 380 g/mol. The van der Waals surface area contributed by atoms with Crippen LogP contribution < -0.4 is 0 Å². The third-order valence-electron chi connectivity index (χ3n) is 4.49. The molecule has 6 heteroatoms. The molecule has 0 saturated heterocycles. The predicted octanol–water partition coefficient (Wildman–Crippen LogP) is 4.12. The molecule has 2 heterocycles. The number of rotatable bonds is 4. The van der Waals surface area contributed by atoms with E-state index >= 15 is 0 Å². The van der Waals surface area contributed by atoms with Gasteiger partial charge >= 0.3 is 5.97 Å². The van der Waals surface area contributed by atoms with E-state index < -0.39 is 0 Å². The van der Waals surface area contributed by atoms with E-state index in [1.807, 2.05) is 48.5 Å². The molecule has 0 bridgehead atoms. The molecule has 3 aromatic rings. The fourth-order valence-electron chi connectivity index (χ4n) is 3.30. The number of benzene rings is 2. The second kappa shape index (κ2) is 7.37. The van der Waals surface area contributed by atoms with Gasteiger partial charge in [0, 0.05) is 21.7 Å². The fraction of sp³-hybridized carbons (Fsp3) is 0.190. The smallest absolute Gasteiger partial charge is 0.327 e. The van der Waals surface area contributed by atoms with Crippen molar-refractivity contribution in [3.63, 3.8) is 0 Å². The van der Waals surface area contributed by atoms with Crippen molar-refractivity contribution in [2.75, 3.05) is 6.61 Å².